The first-order chi connectivity index (χ1) is 20.1. The van der Waals surface area contributed by atoms with Gasteiger partial charge in [-0.15, -0.1) is 0 Å². The number of rotatable bonds is 1. The summed E-state index contributed by atoms with van der Waals surface area (Å²) in [6, 6.07) is 28.7. The summed E-state index contributed by atoms with van der Waals surface area (Å²) in [4.78, 5) is 42.7. The molecular formula is C34H23N3O4. The Hall–Kier alpha value is -4.88. The summed E-state index contributed by atoms with van der Waals surface area (Å²) in [5.74, 6) is 0.437. The monoisotopic (exact) mass is 537 g/mol. The molecule has 4 aromatic carbocycles. The maximum absolute atomic E-state index is 15.1. The maximum atomic E-state index is 15.1. The molecule has 2 aliphatic carbocycles. The van der Waals surface area contributed by atoms with Crippen molar-refractivity contribution < 1.29 is 19.1 Å². The van der Waals surface area contributed by atoms with E-state index in [0.29, 0.717) is 40.6 Å². The maximum Gasteiger partial charge on any atom is 0.231 e. The van der Waals surface area contributed by atoms with Gasteiger partial charge in [-0.3, -0.25) is 14.5 Å². The van der Waals surface area contributed by atoms with E-state index in [4.69, 9.17) is 19.4 Å². The first-order valence-electron chi connectivity index (χ1n) is 13.7. The minimum atomic E-state index is -1.52. The minimum Gasteiger partial charge on any atom is -0.454 e. The minimum absolute atomic E-state index is 0.144. The van der Waals surface area contributed by atoms with Crippen molar-refractivity contribution in [3.63, 3.8) is 0 Å². The van der Waals surface area contributed by atoms with Crippen LogP contribution in [0.5, 0.6) is 11.5 Å². The van der Waals surface area contributed by atoms with Crippen LogP contribution in [0, 0.1) is 5.41 Å². The van der Waals surface area contributed by atoms with Crippen molar-refractivity contribution in [1.29, 1.82) is 0 Å². The normalized spacial score (nSPS) is 23.0. The number of ketones is 2. The lowest BCUT2D eigenvalue weighted by Gasteiger charge is -2.44. The number of hydrogen-bond donors (Lipinski definition) is 0. The Morgan fingerprint density at radius 2 is 1.39 bits per heavy atom. The fourth-order valence-corrected chi connectivity index (χ4v) is 8.00. The number of nitrogens with zero attached hydrogens (tertiary/aromatic N) is 3. The van der Waals surface area contributed by atoms with Crippen molar-refractivity contribution >= 4 is 22.6 Å². The fourth-order valence-electron chi connectivity index (χ4n) is 8.00. The van der Waals surface area contributed by atoms with Gasteiger partial charge in [-0.05, 0) is 42.4 Å². The second-order valence-electron chi connectivity index (χ2n) is 11.2. The van der Waals surface area contributed by atoms with Gasteiger partial charge in [0.05, 0.1) is 22.4 Å². The van der Waals surface area contributed by atoms with Crippen LogP contribution in [0.1, 0.15) is 43.5 Å². The average Bonchev–Trinajstić information content (AvgIpc) is 3.72. The number of fused-ring (bicyclic) bond motifs is 9. The molecule has 1 aromatic heterocycles. The van der Waals surface area contributed by atoms with Crippen molar-refractivity contribution in [2.75, 3.05) is 20.4 Å². The molecule has 0 unspecified atom stereocenters. The number of likely N-dealkylation sites (tertiary alicyclic amines) is 1. The molecule has 198 valence electrons. The standard InChI is InChI=1S/C34H23N3O4/c1-37-17-24(19-14-15-27-28(16-19)41-18-40-27)33(31(38)20-8-2-3-9-21(20)32(33)39)34(37)23-11-5-4-10-22(23)29-30(34)36-26-13-7-6-12-25(26)35-29/h2-16,24H,17-18H2,1H3/t24-,34+/m1/s1. The Morgan fingerprint density at radius 3 is 2.15 bits per heavy atom. The van der Waals surface area contributed by atoms with Gasteiger partial charge in [0, 0.05) is 29.2 Å². The van der Waals surface area contributed by atoms with Gasteiger partial charge in [-0.1, -0.05) is 66.7 Å². The zero-order chi connectivity index (χ0) is 27.5. The van der Waals surface area contributed by atoms with E-state index in [2.05, 4.69) is 4.90 Å². The Labute approximate surface area is 235 Å². The molecule has 2 atom stereocenters. The van der Waals surface area contributed by atoms with Crippen LogP contribution in [-0.4, -0.2) is 46.8 Å². The highest BCUT2D eigenvalue weighted by Crippen LogP contribution is 2.69. The number of aromatic nitrogens is 2. The van der Waals surface area contributed by atoms with Crippen LogP contribution in [0.25, 0.3) is 22.3 Å². The predicted molar refractivity (Wildman–Crippen MR) is 151 cm³/mol. The SMILES string of the molecule is CN1C[C@H](c2ccc3c(c2)OCO3)C2(C(=O)c3ccccc3C2=O)[C@@]12c1ccccc1-c1nc3ccccc3nc12. The molecule has 2 spiro atoms. The van der Waals surface area contributed by atoms with Crippen LogP contribution in [0.4, 0.5) is 0 Å². The van der Waals surface area contributed by atoms with E-state index < -0.39 is 16.9 Å². The van der Waals surface area contributed by atoms with E-state index >= 15 is 9.59 Å². The molecule has 41 heavy (non-hydrogen) atoms. The lowest BCUT2D eigenvalue weighted by Crippen LogP contribution is -2.56. The number of carbonyl (C=O) groups excluding carboxylic acids is 2. The number of ether oxygens (including phenoxy) is 2. The lowest BCUT2D eigenvalue weighted by molar-refractivity contribution is 0.0462. The van der Waals surface area contributed by atoms with Gasteiger partial charge in [0.2, 0.25) is 6.79 Å². The van der Waals surface area contributed by atoms with Crippen molar-refractivity contribution in [3.05, 3.63) is 119 Å². The average molecular weight is 538 g/mol. The summed E-state index contributed by atoms with van der Waals surface area (Å²) in [6.45, 7) is 0.596. The van der Waals surface area contributed by atoms with Crippen LogP contribution in [0.2, 0.25) is 0 Å². The van der Waals surface area contributed by atoms with E-state index in [1.54, 1.807) is 12.1 Å². The molecule has 0 bridgehead atoms. The van der Waals surface area contributed by atoms with Gasteiger partial charge in [-0.25, -0.2) is 9.97 Å². The van der Waals surface area contributed by atoms with Crippen LogP contribution in [-0.2, 0) is 5.54 Å². The van der Waals surface area contributed by atoms with Gasteiger partial charge < -0.3 is 9.47 Å². The number of likely N-dealkylation sites (N-methyl/N-ethyl adjacent to an activating group) is 1. The first kappa shape index (κ1) is 22.9. The summed E-state index contributed by atoms with van der Waals surface area (Å²) in [7, 11) is 2.00. The molecule has 1 fully saturated rings. The highest BCUT2D eigenvalue weighted by Gasteiger charge is 2.77. The molecule has 0 radical (unpaired) electrons. The molecule has 3 heterocycles. The number of Topliss-reactive ketones (excluding diaryl/α,β-unsaturated/α-hetero) is 2. The molecule has 1 saturated heterocycles. The largest absolute Gasteiger partial charge is 0.454 e. The molecule has 7 nitrogen and oxygen atoms in total. The summed E-state index contributed by atoms with van der Waals surface area (Å²) in [5, 5.41) is 0. The summed E-state index contributed by atoms with van der Waals surface area (Å²) < 4.78 is 11.3. The van der Waals surface area contributed by atoms with Gasteiger partial charge in [0.15, 0.2) is 23.1 Å². The summed E-state index contributed by atoms with van der Waals surface area (Å²) in [5.41, 5.74) is 3.71. The molecule has 2 aliphatic heterocycles. The van der Waals surface area contributed by atoms with E-state index in [1.807, 2.05) is 85.9 Å². The Balaban J connectivity index is 1.43. The number of para-hydroxylation sites is 2. The second kappa shape index (κ2) is 7.65. The molecule has 0 N–H and O–H groups in total. The van der Waals surface area contributed by atoms with E-state index in [1.165, 1.54) is 0 Å². The quantitative estimate of drug-likeness (QED) is 0.266. The first-order valence-corrected chi connectivity index (χ1v) is 13.7. The molecule has 0 saturated carbocycles. The topological polar surface area (TPSA) is 81.6 Å². The predicted octanol–water partition coefficient (Wildman–Crippen LogP) is 5.38. The summed E-state index contributed by atoms with van der Waals surface area (Å²) >= 11 is 0. The molecule has 4 aliphatic rings. The van der Waals surface area contributed by atoms with Crippen LogP contribution in [0.3, 0.4) is 0 Å². The van der Waals surface area contributed by atoms with Crippen molar-refractivity contribution in [1.82, 2.24) is 14.9 Å². The van der Waals surface area contributed by atoms with Gasteiger partial charge in [-0.2, -0.15) is 0 Å². The van der Waals surface area contributed by atoms with E-state index in [9.17, 15) is 0 Å². The third-order valence-corrected chi connectivity index (χ3v) is 9.54. The van der Waals surface area contributed by atoms with Gasteiger partial charge >= 0.3 is 0 Å². The zero-order valence-corrected chi connectivity index (χ0v) is 22.1. The fraction of sp³-hybridized carbons (Fsp3) is 0.176. The molecule has 9 rings (SSSR count). The Kier molecular flexibility index (Phi) is 4.27. The molecule has 5 aromatic rings. The zero-order valence-electron chi connectivity index (χ0n) is 22.1. The number of benzene rings is 4. The highest BCUT2D eigenvalue weighted by atomic mass is 16.7. The van der Waals surface area contributed by atoms with Crippen LogP contribution in [0.15, 0.2) is 91.0 Å². The van der Waals surface area contributed by atoms with Crippen LogP contribution < -0.4 is 9.47 Å². The molecular weight excluding hydrogens is 514 g/mol. The third kappa shape index (κ3) is 2.50. The smallest absolute Gasteiger partial charge is 0.231 e. The van der Waals surface area contributed by atoms with Crippen molar-refractivity contribution in [3.8, 4) is 22.8 Å². The summed E-state index contributed by atoms with van der Waals surface area (Å²) in [6.07, 6.45) is 0. The third-order valence-electron chi connectivity index (χ3n) is 9.54. The van der Waals surface area contributed by atoms with Crippen molar-refractivity contribution in [2.24, 2.45) is 5.41 Å². The molecule has 0 amide bonds. The Morgan fingerprint density at radius 1 is 0.756 bits per heavy atom. The van der Waals surface area contributed by atoms with E-state index in [-0.39, 0.29) is 18.4 Å². The Bertz CT molecular complexity index is 1970. The van der Waals surface area contributed by atoms with Crippen molar-refractivity contribution in [2.45, 2.75) is 11.5 Å². The second-order valence-corrected chi connectivity index (χ2v) is 11.2. The lowest BCUT2D eigenvalue weighted by atomic mass is 9.58. The number of carbonyl (C=O) groups is 2. The molecule has 7 heteroatoms. The van der Waals surface area contributed by atoms with E-state index in [0.717, 1.165) is 27.7 Å². The highest BCUT2D eigenvalue weighted by molar-refractivity contribution is 6.32. The van der Waals surface area contributed by atoms with Gasteiger partial charge in [0.25, 0.3) is 0 Å². The van der Waals surface area contributed by atoms with Gasteiger partial charge in [0.1, 0.15) is 11.0 Å². The number of hydrogen-bond acceptors (Lipinski definition) is 7. The van der Waals surface area contributed by atoms with Crippen LogP contribution >= 0.6 is 0 Å².